The van der Waals surface area contributed by atoms with Gasteiger partial charge in [0, 0.05) is 19.2 Å². The number of methoxy groups -OCH3 is 1. The molecular formula is C22H25F2NO2. The number of ether oxygens (including phenoxy) is 2. The van der Waals surface area contributed by atoms with Gasteiger partial charge in [-0.15, -0.1) is 0 Å². The van der Waals surface area contributed by atoms with E-state index in [-0.39, 0.29) is 29.9 Å². The maximum Gasteiger partial charge on any atom is 0.123 e. The maximum atomic E-state index is 13.4. The van der Waals surface area contributed by atoms with Crippen molar-refractivity contribution in [3.8, 4) is 0 Å². The van der Waals surface area contributed by atoms with Crippen molar-refractivity contribution in [3.05, 3.63) is 71.3 Å². The third kappa shape index (κ3) is 3.77. The topological polar surface area (TPSA) is 21.7 Å². The molecule has 0 spiro atoms. The summed E-state index contributed by atoms with van der Waals surface area (Å²) in [7, 11) is 3.93. The zero-order valence-electron chi connectivity index (χ0n) is 15.6. The molecule has 0 N–H and O–H groups in total. The summed E-state index contributed by atoms with van der Waals surface area (Å²) in [6, 6.07) is 13.5. The second kappa shape index (κ2) is 7.66. The van der Waals surface area contributed by atoms with Crippen molar-refractivity contribution >= 4 is 0 Å². The van der Waals surface area contributed by atoms with Gasteiger partial charge in [0.1, 0.15) is 17.7 Å². The highest BCUT2D eigenvalue weighted by atomic mass is 19.1. The lowest BCUT2D eigenvalue weighted by molar-refractivity contribution is -0.0523. The first kappa shape index (κ1) is 18.5. The van der Waals surface area contributed by atoms with E-state index in [1.54, 1.807) is 31.4 Å². The number of hydrogen-bond acceptors (Lipinski definition) is 3. The SMILES string of the molecule is CO[C@@H]1CC2C[C@@H](OC(c3ccc(F)cc3)c3ccc(F)cc3)CC1N2C. The maximum absolute atomic E-state index is 13.4. The van der Waals surface area contributed by atoms with Gasteiger partial charge < -0.3 is 9.47 Å². The Kier molecular flexibility index (Phi) is 5.26. The van der Waals surface area contributed by atoms with Gasteiger partial charge in [0.25, 0.3) is 0 Å². The average molecular weight is 373 g/mol. The Bertz CT molecular complexity index is 719. The summed E-state index contributed by atoms with van der Waals surface area (Å²) in [5, 5.41) is 0. The molecule has 4 rings (SSSR count). The fraction of sp³-hybridized carbons (Fsp3) is 0.455. The highest BCUT2D eigenvalue weighted by Crippen LogP contribution is 2.39. The number of fused-ring (bicyclic) bond motifs is 2. The molecule has 2 saturated heterocycles. The van der Waals surface area contributed by atoms with E-state index in [0.717, 1.165) is 30.4 Å². The number of piperidine rings is 1. The Morgan fingerprint density at radius 3 is 1.96 bits per heavy atom. The second-order valence-corrected chi connectivity index (χ2v) is 7.61. The fourth-order valence-electron chi connectivity index (χ4n) is 4.56. The van der Waals surface area contributed by atoms with E-state index in [0.29, 0.717) is 12.1 Å². The van der Waals surface area contributed by atoms with E-state index >= 15 is 0 Å². The van der Waals surface area contributed by atoms with Crippen LogP contribution >= 0.6 is 0 Å². The van der Waals surface area contributed by atoms with Crippen LogP contribution in [0.3, 0.4) is 0 Å². The van der Waals surface area contributed by atoms with E-state index in [1.165, 1.54) is 24.3 Å². The lowest BCUT2D eigenvalue weighted by Crippen LogP contribution is -2.45. The lowest BCUT2D eigenvalue weighted by atomic mass is 9.97. The predicted molar refractivity (Wildman–Crippen MR) is 99.5 cm³/mol. The molecule has 0 amide bonds. The van der Waals surface area contributed by atoms with Crippen LogP contribution in [0.25, 0.3) is 0 Å². The summed E-state index contributed by atoms with van der Waals surface area (Å²) in [5.74, 6) is -0.561. The van der Waals surface area contributed by atoms with Crippen LogP contribution in [-0.2, 0) is 9.47 Å². The molecule has 27 heavy (non-hydrogen) atoms. The minimum atomic E-state index is -0.347. The van der Waals surface area contributed by atoms with Crippen molar-refractivity contribution in [2.24, 2.45) is 0 Å². The van der Waals surface area contributed by atoms with Crippen molar-refractivity contribution in [2.75, 3.05) is 14.2 Å². The van der Waals surface area contributed by atoms with Gasteiger partial charge in [-0.1, -0.05) is 24.3 Å². The predicted octanol–water partition coefficient (Wildman–Crippen LogP) is 4.32. The highest BCUT2D eigenvalue weighted by molar-refractivity contribution is 5.30. The summed E-state index contributed by atoms with van der Waals surface area (Å²) in [5.41, 5.74) is 1.75. The molecular weight excluding hydrogens is 348 g/mol. The van der Waals surface area contributed by atoms with Crippen molar-refractivity contribution in [1.29, 1.82) is 0 Å². The minimum Gasteiger partial charge on any atom is -0.380 e. The second-order valence-electron chi connectivity index (χ2n) is 7.61. The first-order valence-electron chi connectivity index (χ1n) is 9.46. The Labute approximate surface area is 158 Å². The van der Waals surface area contributed by atoms with Crippen LogP contribution in [0.1, 0.15) is 36.5 Å². The van der Waals surface area contributed by atoms with Crippen LogP contribution in [0.5, 0.6) is 0 Å². The first-order valence-corrected chi connectivity index (χ1v) is 9.46. The number of halogens is 2. The largest absolute Gasteiger partial charge is 0.380 e. The molecule has 4 atom stereocenters. The number of hydrogen-bond donors (Lipinski definition) is 0. The number of benzene rings is 2. The first-order chi connectivity index (χ1) is 13.0. The van der Waals surface area contributed by atoms with E-state index in [9.17, 15) is 8.78 Å². The third-order valence-corrected chi connectivity index (χ3v) is 6.05. The van der Waals surface area contributed by atoms with E-state index in [1.807, 2.05) is 0 Å². The number of nitrogens with zero attached hydrogens (tertiary/aromatic N) is 1. The molecule has 144 valence electrons. The molecule has 2 fully saturated rings. The quantitative estimate of drug-likeness (QED) is 0.779. The van der Waals surface area contributed by atoms with Crippen molar-refractivity contribution in [2.45, 2.75) is 49.7 Å². The minimum absolute atomic E-state index is 0.0801. The molecule has 0 aliphatic carbocycles. The smallest absolute Gasteiger partial charge is 0.123 e. The van der Waals surface area contributed by atoms with E-state index in [4.69, 9.17) is 9.47 Å². The molecule has 0 aromatic heterocycles. The van der Waals surface area contributed by atoms with Gasteiger partial charge in [0.05, 0.1) is 12.2 Å². The normalized spacial score (nSPS) is 28.0. The van der Waals surface area contributed by atoms with Crippen LogP contribution < -0.4 is 0 Å². The summed E-state index contributed by atoms with van der Waals surface area (Å²) < 4.78 is 39.0. The van der Waals surface area contributed by atoms with Gasteiger partial charge in [-0.2, -0.15) is 0 Å². The van der Waals surface area contributed by atoms with Gasteiger partial charge in [-0.3, -0.25) is 4.90 Å². The molecule has 2 aliphatic rings. The standard InChI is InChI=1S/C22H25F2NO2/c1-25-18-11-19(13-20(25)21(12-18)26-2)27-22(14-3-7-16(23)8-4-14)15-5-9-17(24)10-6-15/h3-10,18-22H,11-13H2,1-2H3/t18?,19-,20?,21-/m1/s1. The van der Waals surface area contributed by atoms with Crippen molar-refractivity contribution in [1.82, 2.24) is 4.90 Å². The van der Waals surface area contributed by atoms with Gasteiger partial charge in [0.15, 0.2) is 0 Å². The van der Waals surface area contributed by atoms with E-state index in [2.05, 4.69) is 11.9 Å². The highest BCUT2D eigenvalue weighted by Gasteiger charge is 2.46. The van der Waals surface area contributed by atoms with Crippen LogP contribution in [-0.4, -0.2) is 43.3 Å². The van der Waals surface area contributed by atoms with Crippen molar-refractivity contribution in [3.63, 3.8) is 0 Å². The molecule has 2 bridgehead atoms. The van der Waals surface area contributed by atoms with E-state index < -0.39 is 0 Å². The van der Waals surface area contributed by atoms with Crippen LogP contribution in [0.15, 0.2) is 48.5 Å². The van der Waals surface area contributed by atoms with Crippen molar-refractivity contribution < 1.29 is 18.3 Å². The molecule has 3 nitrogen and oxygen atoms in total. The average Bonchev–Trinajstić information content (AvgIpc) is 2.85. The number of rotatable bonds is 5. The summed E-state index contributed by atoms with van der Waals surface area (Å²) in [4.78, 5) is 2.40. The lowest BCUT2D eigenvalue weighted by Gasteiger charge is -2.38. The Morgan fingerprint density at radius 2 is 1.44 bits per heavy atom. The molecule has 2 aromatic carbocycles. The Morgan fingerprint density at radius 1 is 0.889 bits per heavy atom. The third-order valence-electron chi connectivity index (χ3n) is 6.05. The van der Waals surface area contributed by atoms with Crippen LogP contribution in [0.4, 0.5) is 8.78 Å². The van der Waals surface area contributed by atoms with Gasteiger partial charge in [0.2, 0.25) is 0 Å². The van der Waals surface area contributed by atoms with Gasteiger partial charge >= 0.3 is 0 Å². The molecule has 2 aliphatic heterocycles. The molecule has 5 heteroatoms. The van der Waals surface area contributed by atoms with Gasteiger partial charge in [-0.25, -0.2) is 8.78 Å². The van der Waals surface area contributed by atoms with Gasteiger partial charge in [-0.05, 0) is 61.7 Å². The molecule has 2 unspecified atom stereocenters. The fourth-order valence-corrected chi connectivity index (χ4v) is 4.56. The molecule has 0 saturated carbocycles. The van der Waals surface area contributed by atoms with Crippen LogP contribution in [0.2, 0.25) is 0 Å². The number of likely N-dealkylation sites (N-methyl/N-ethyl adjacent to an activating group) is 1. The van der Waals surface area contributed by atoms with Crippen LogP contribution in [0, 0.1) is 11.6 Å². The Hall–Kier alpha value is -1.82. The zero-order chi connectivity index (χ0) is 19.0. The summed E-state index contributed by atoms with van der Waals surface area (Å²) >= 11 is 0. The zero-order valence-corrected chi connectivity index (χ0v) is 15.6. The summed E-state index contributed by atoms with van der Waals surface area (Å²) in [6.45, 7) is 0. The molecule has 2 heterocycles. The Balaban J connectivity index is 1.58. The molecule has 2 aromatic rings. The molecule has 0 radical (unpaired) electrons. The monoisotopic (exact) mass is 373 g/mol. The summed E-state index contributed by atoms with van der Waals surface area (Å²) in [6.07, 6.45) is 2.82.